The van der Waals surface area contributed by atoms with E-state index in [4.69, 9.17) is 0 Å². The van der Waals surface area contributed by atoms with Crippen LogP contribution in [0.2, 0.25) is 0 Å². The van der Waals surface area contributed by atoms with Crippen molar-refractivity contribution < 1.29 is 5.11 Å². The van der Waals surface area contributed by atoms with E-state index in [-0.39, 0.29) is 0 Å². The minimum Gasteiger partial charge on any atom is -0.388 e. The summed E-state index contributed by atoms with van der Waals surface area (Å²) in [6.45, 7) is 8.09. The van der Waals surface area contributed by atoms with Crippen molar-refractivity contribution in [3.63, 3.8) is 0 Å². The number of hydrogen-bond donors (Lipinski definition) is 1. The lowest BCUT2D eigenvalue weighted by Gasteiger charge is -2.14. The van der Waals surface area contributed by atoms with E-state index in [1.54, 1.807) is 0 Å². The normalized spacial score (nSPS) is 12.5. The molecule has 2 aromatic rings. The minimum absolute atomic E-state index is 0.491. The maximum Gasteiger partial charge on any atom is 0.0847 e. The first-order valence-corrected chi connectivity index (χ1v) is 6.65. The summed E-state index contributed by atoms with van der Waals surface area (Å²) >= 11 is 0. The van der Waals surface area contributed by atoms with Crippen molar-refractivity contribution in [3.8, 4) is 0 Å². The summed E-state index contributed by atoms with van der Waals surface area (Å²) in [5.41, 5.74) is 6.47. The third kappa shape index (κ3) is 3.42. The van der Waals surface area contributed by atoms with Gasteiger partial charge in [0.2, 0.25) is 0 Å². The van der Waals surface area contributed by atoms with Crippen LogP contribution in [0.4, 0.5) is 0 Å². The Morgan fingerprint density at radius 2 is 1.63 bits per heavy atom. The predicted octanol–water partition coefficient (Wildman–Crippen LogP) is 3.59. The molecule has 1 unspecified atom stereocenters. The van der Waals surface area contributed by atoms with Gasteiger partial charge < -0.3 is 5.11 Å². The van der Waals surface area contributed by atoms with E-state index < -0.39 is 6.10 Å². The molecule has 1 N–H and O–H groups in total. The second-order valence-electron chi connectivity index (χ2n) is 5.34. The summed E-state index contributed by atoms with van der Waals surface area (Å²) in [4.78, 5) is 4.41. The van der Waals surface area contributed by atoms with Crippen LogP contribution in [0.5, 0.6) is 0 Å². The van der Waals surface area contributed by atoms with Crippen molar-refractivity contribution in [1.29, 1.82) is 0 Å². The largest absolute Gasteiger partial charge is 0.388 e. The van der Waals surface area contributed by atoms with Crippen molar-refractivity contribution in [1.82, 2.24) is 4.98 Å². The molecule has 0 aliphatic heterocycles. The molecule has 1 aromatic carbocycles. The average Bonchev–Trinajstić information content (AvgIpc) is 2.26. The highest BCUT2D eigenvalue weighted by atomic mass is 16.3. The molecule has 0 amide bonds. The number of pyridine rings is 1. The van der Waals surface area contributed by atoms with Gasteiger partial charge in [-0.3, -0.25) is 4.98 Å². The predicted molar refractivity (Wildman–Crippen MR) is 78.3 cm³/mol. The molecule has 0 spiro atoms. The molecule has 0 aliphatic carbocycles. The van der Waals surface area contributed by atoms with E-state index in [0.717, 1.165) is 17.0 Å². The number of rotatable bonds is 3. The quantitative estimate of drug-likeness (QED) is 0.909. The summed E-state index contributed by atoms with van der Waals surface area (Å²) in [7, 11) is 0. The van der Waals surface area contributed by atoms with Gasteiger partial charge >= 0.3 is 0 Å². The molecule has 1 atom stereocenters. The molecule has 0 saturated carbocycles. The van der Waals surface area contributed by atoms with Crippen LogP contribution in [0, 0.1) is 27.7 Å². The second kappa shape index (κ2) is 5.54. The first-order chi connectivity index (χ1) is 8.95. The molecule has 100 valence electrons. The number of benzene rings is 1. The van der Waals surface area contributed by atoms with Crippen molar-refractivity contribution in [2.24, 2.45) is 0 Å². The fourth-order valence-corrected chi connectivity index (χ4v) is 2.57. The fourth-order valence-electron chi connectivity index (χ4n) is 2.57. The SMILES string of the molecule is Cc1cc(C)cc(CC(O)c2ccc(C)nc2C)c1. The molecule has 0 aliphatic rings. The van der Waals surface area contributed by atoms with Crippen LogP contribution in [0.25, 0.3) is 0 Å². The van der Waals surface area contributed by atoms with Crippen molar-refractivity contribution in [2.45, 2.75) is 40.2 Å². The summed E-state index contributed by atoms with van der Waals surface area (Å²) in [6, 6.07) is 10.3. The van der Waals surface area contributed by atoms with E-state index in [1.807, 2.05) is 26.0 Å². The molecule has 1 aromatic heterocycles. The van der Waals surface area contributed by atoms with Crippen LogP contribution in [-0.4, -0.2) is 10.1 Å². The highest BCUT2D eigenvalue weighted by Crippen LogP contribution is 2.22. The van der Waals surface area contributed by atoms with Crippen LogP contribution < -0.4 is 0 Å². The summed E-state index contributed by atoms with van der Waals surface area (Å²) < 4.78 is 0. The van der Waals surface area contributed by atoms with Gasteiger partial charge in [0.1, 0.15) is 0 Å². The minimum atomic E-state index is -0.491. The number of hydrogen-bond acceptors (Lipinski definition) is 2. The fraction of sp³-hybridized carbons (Fsp3) is 0.353. The van der Waals surface area contributed by atoms with E-state index in [9.17, 15) is 5.11 Å². The highest BCUT2D eigenvalue weighted by Gasteiger charge is 2.12. The van der Waals surface area contributed by atoms with Crippen LogP contribution in [0.15, 0.2) is 30.3 Å². The van der Waals surface area contributed by atoms with Crippen LogP contribution in [0.1, 0.15) is 39.7 Å². The molecule has 2 nitrogen and oxygen atoms in total. The van der Waals surface area contributed by atoms with Crippen molar-refractivity contribution in [2.75, 3.05) is 0 Å². The first-order valence-electron chi connectivity index (χ1n) is 6.65. The summed E-state index contributed by atoms with van der Waals surface area (Å²) in [5, 5.41) is 10.4. The van der Waals surface area contributed by atoms with Gasteiger partial charge in [0.05, 0.1) is 6.10 Å². The molecule has 2 heteroatoms. The zero-order valence-corrected chi connectivity index (χ0v) is 12.1. The second-order valence-corrected chi connectivity index (χ2v) is 5.34. The topological polar surface area (TPSA) is 33.1 Å². The Hall–Kier alpha value is -1.67. The Morgan fingerprint density at radius 1 is 1.00 bits per heavy atom. The average molecular weight is 255 g/mol. The lowest BCUT2D eigenvalue weighted by Crippen LogP contribution is -2.06. The smallest absolute Gasteiger partial charge is 0.0847 e. The van der Waals surface area contributed by atoms with Gasteiger partial charge in [0, 0.05) is 23.4 Å². The van der Waals surface area contributed by atoms with Gasteiger partial charge in [-0.2, -0.15) is 0 Å². The number of aryl methyl sites for hydroxylation is 4. The molecule has 0 saturated heterocycles. The van der Waals surface area contributed by atoms with Crippen LogP contribution >= 0.6 is 0 Å². The Labute approximate surface area is 115 Å². The van der Waals surface area contributed by atoms with Crippen LogP contribution in [0.3, 0.4) is 0 Å². The van der Waals surface area contributed by atoms with E-state index in [2.05, 4.69) is 37.0 Å². The molecular weight excluding hydrogens is 234 g/mol. The molecule has 0 radical (unpaired) electrons. The molecule has 0 bridgehead atoms. The molecular formula is C17H21NO. The van der Waals surface area contributed by atoms with E-state index >= 15 is 0 Å². The Kier molecular flexibility index (Phi) is 4.01. The summed E-state index contributed by atoms with van der Waals surface area (Å²) in [5.74, 6) is 0. The Morgan fingerprint density at radius 3 is 2.21 bits per heavy atom. The standard InChI is InChI=1S/C17H21NO/c1-11-7-12(2)9-15(8-11)10-17(19)16-6-5-13(3)18-14(16)4/h5-9,17,19H,10H2,1-4H3. The first kappa shape index (κ1) is 13.8. The van der Waals surface area contributed by atoms with Gasteiger partial charge in [0.25, 0.3) is 0 Å². The summed E-state index contributed by atoms with van der Waals surface area (Å²) in [6.07, 6.45) is 0.142. The Balaban J connectivity index is 2.22. The van der Waals surface area contributed by atoms with E-state index in [0.29, 0.717) is 6.42 Å². The Bertz CT molecular complexity index is 570. The number of aliphatic hydroxyl groups excluding tert-OH is 1. The number of nitrogens with zero attached hydrogens (tertiary/aromatic N) is 1. The van der Waals surface area contributed by atoms with Gasteiger partial charge in [-0.05, 0) is 39.3 Å². The van der Waals surface area contributed by atoms with Crippen molar-refractivity contribution in [3.05, 3.63) is 64.0 Å². The van der Waals surface area contributed by atoms with E-state index in [1.165, 1.54) is 16.7 Å². The van der Waals surface area contributed by atoms with Crippen molar-refractivity contribution >= 4 is 0 Å². The number of aliphatic hydroxyl groups is 1. The molecule has 1 heterocycles. The van der Waals surface area contributed by atoms with Gasteiger partial charge in [0.15, 0.2) is 0 Å². The zero-order chi connectivity index (χ0) is 14.0. The van der Waals surface area contributed by atoms with Crippen LogP contribution in [-0.2, 0) is 6.42 Å². The highest BCUT2D eigenvalue weighted by molar-refractivity contribution is 5.31. The lowest BCUT2D eigenvalue weighted by molar-refractivity contribution is 0.177. The monoisotopic (exact) mass is 255 g/mol. The zero-order valence-electron chi connectivity index (χ0n) is 12.1. The van der Waals surface area contributed by atoms with Gasteiger partial charge in [-0.25, -0.2) is 0 Å². The van der Waals surface area contributed by atoms with Gasteiger partial charge in [-0.15, -0.1) is 0 Å². The molecule has 2 rings (SSSR count). The van der Waals surface area contributed by atoms with Gasteiger partial charge in [-0.1, -0.05) is 35.4 Å². The maximum atomic E-state index is 10.4. The molecule has 19 heavy (non-hydrogen) atoms. The third-order valence-corrected chi connectivity index (χ3v) is 3.34. The lowest BCUT2D eigenvalue weighted by atomic mass is 9.98. The molecule has 0 fully saturated rings. The third-order valence-electron chi connectivity index (χ3n) is 3.34. The number of aromatic nitrogens is 1. The maximum absolute atomic E-state index is 10.4.